The molecule has 0 saturated carbocycles. The molecule has 0 fully saturated rings. The SMILES string of the molecule is CCCCCCCCCOc1ccc(/C=N\Nc2nc3ccccc3s2)cc1OCC. The lowest BCUT2D eigenvalue weighted by Gasteiger charge is -2.12. The van der Waals surface area contributed by atoms with Crippen LogP contribution in [0.4, 0.5) is 5.13 Å². The van der Waals surface area contributed by atoms with Crippen molar-refractivity contribution in [3.63, 3.8) is 0 Å². The number of para-hydroxylation sites is 1. The first-order valence-corrected chi connectivity index (χ1v) is 12.2. The first kappa shape index (κ1) is 23.1. The second-order valence-corrected chi connectivity index (χ2v) is 8.50. The van der Waals surface area contributed by atoms with Gasteiger partial charge in [-0.3, -0.25) is 5.43 Å². The molecule has 0 aliphatic rings. The predicted octanol–water partition coefficient (Wildman–Crippen LogP) is 7.27. The van der Waals surface area contributed by atoms with Crippen molar-refractivity contribution in [3.05, 3.63) is 48.0 Å². The fourth-order valence-corrected chi connectivity index (χ4v) is 4.13. The van der Waals surface area contributed by atoms with Gasteiger partial charge in [0.1, 0.15) is 0 Å². The molecule has 166 valence electrons. The minimum Gasteiger partial charge on any atom is -0.490 e. The fourth-order valence-electron chi connectivity index (χ4n) is 3.32. The largest absolute Gasteiger partial charge is 0.490 e. The molecule has 3 aromatic rings. The third kappa shape index (κ3) is 7.55. The van der Waals surface area contributed by atoms with E-state index in [2.05, 4.69) is 28.5 Å². The van der Waals surface area contributed by atoms with E-state index >= 15 is 0 Å². The van der Waals surface area contributed by atoms with Gasteiger partial charge in [0.15, 0.2) is 11.5 Å². The Balaban J connectivity index is 1.49. The summed E-state index contributed by atoms with van der Waals surface area (Å²) in [5.74, 6) is 1.55. The normalized spacial score (nSPS) is 11.3. The van der Waals surface area contributed by atoms with Gasteiger partial charge in [-0.1, -0.05) is 68.9 Å². The number of nitrogens with one attached hydrogen (secondary N) is 1. The van der Waals surface area contributed by atoms with Crippen molar-refractivity contribution in [2.24, 2.45) is 5.10 Å². The third-order valence-electron chi connectivity index (χ3n) is 4.94. The molecule has 1 N–H and O–H groups in total. The Morgan fingerprint density at radius 2 is 1.74 bits per heavy atom. The van der Waals surface area contributed by atoms with E-state index in [0.717, 1.165) is 45.4 Å². The van der Waals surface area contributed by atoms with Crippen LogP contribution in [0, 0.1) is 0 Å². The first-order chi connectivity index (χ1) is 15.3. The van der Waals surface area contributed by atoms with Crippen molar-refractivity contribution in [2.75, 3.05) is 18.6 Å². The van der Waals surface area contributed by atoms with Crippen LogP contribution in [0.1, 0.15) is 64.4 Å². The quantitative estimate of drug-likeness (QED) is 0.163. The van der Waals surface area contributed by atoms with Crippen LogP contribution in [0.25, 0.3) is 10.2 Å². The van der Waals surface area contributed by atoms with Gasteiger partial charge in [-0.05, 0) is 49.2 Å². The molecule has 0 bridgehead atoms. The molecule has 0 radical (unpaired) electrons. The molecule has 1 aromatic heterocycles. The van der Waals surface area contributed by atoms with E-state index in [1.807, 2.05) is 43.3 Å². The summed E-state index contributed by atoms with van der Waals surface area (Å²) in [5, 5.41) is 5.11. The van der Waals surface area contributed by atoms with E-state index in [4.69, 9.17) is 9.47 Å². The van der Waals surface area contributed by atoms with E-state index in [1.54, 1.807) is 17.6 Å². The Morgan fingerprint density at radius 3 is 2.55 bits per heavy atom. The maximum atomic E-state index is 5.99. The topological polar surface area (TPSA) is 55.7 Å². The van der Waals surface area contributed by atoms with E-state index in [-0.39, 0.29) is 0 Å². The zero-order chi connectivity index (χ0) is 21.7. The second-order valence-electron chi connectivity index (χ2n) is 7.47. The number of ether oxygens (including phenoxy) is 2. The summed E-state index contributed by atoms with van der Waals surface area (Å²) in [6.07, 6.45) is 10.7. The molecular formula is C25H33N3O2S. The van der Waals surface area contributed by atoms with E-state index in [0.29, 0.717) is 6.61 Å². The van der Waals surface area contributed by atoms with Crippen LogP contribution >= 0.6 is 11.3 Å². The molecule has 0 aliphatic heterocycles. The first-order valence-electron chi connectivity index (χ1n) is 11.3. The van der Waals surface area contributed by atoms with Gasteiger partial charge in [0.25, 0.3) is 0 Å². The Morgan fingerprint density at radius 1 is 0.935 bits per heavy atom. The number of aromatic nitrogens is 1. The summed E-state index contributed by atoms with van der Waals surface area (Å²) in [7, 11) is 0. The number of hydrazone groups is 1. The molecule has 31 heavy (non-hydrogen) atoms. The summed E-state index contributed by atoms with van der Waals surface area (Å²) in [6, 6.07) is 14.0. The molecule has 2 aromatic carbocycles. The standard InChI is InChI=1S/C25H33N3O2S/c1-3-5-6-7-8-9-12-17-30-22-16-15-20(18-23(22)29-4-2)19-26-28-25-27-21-13-10-11-14-24(21)31-25/h10-11,13-16,18-19H,3-9,12,17H2,1-2H3,(H,27,28)/b26-19-. The third-order valence-corrected chi connectivity index (χ3v) is 5.88. The van der Waals surface area contributed by atoms with Crippen molar-refractivity contribution in [1.82, 2.24) is 4.98 Å². The lowest BCUT2D eigenvalue weighted by molar-refractivity contribution is 0.270. The van der Waals surface area contributed by atoms with Gasteiger partial charge >= 0.3 is 0 Å². The number of benzene rings is 2. The Kier molecular flexibility index (Phi) is 9.64. The van der Waals surface area contributed by atoms with Crippen molar-refractivity contribution in [1.29, 1.82) is 0 Å². The van der Waals surface area contributed by atoms with Gasteiger partial charge in [-0.2, -0.15) is 5.10 Å². The maximum Gasteiger partial charge on any atom is 0.204 e. The van der Waals surface area contributed by atoms with E-state index in [9.17, 15) is 0 Å². The van der Waals surface area contributed by atoms with Crippen molar-refractivity contribution < 1.29 is 9.47 Å². The molecule has 0 unspecified atom stereocenters. The van der Waals surface area contributed by atoms with Crippen LogP contribution in [0.2, 0.25) is 0 Å². The van der Waals surface area contributed by atoms with Crippen molar-refractivity contribution >= 4 is 32.9 Å². The monoisotopic (exact) mass is 439 g/mol. The predicted molar refractivity (Wildman–Crippen MR) is 132 cm³/mol. The lowest BCUT2D eigenvalue weighted by atomic mass is 10.1. The van der Waals surface area contributed by atoms with Gasteiger partial charge in [0.2, 0.25) is 5.13 Å². The van der Waals surface area contributed by atoms with Gasteiger partial charge in [-0.25, -0.2) is 4.98 Å². The molecule has 0 aliphatic carbocycles. The van der Waals surface area contributed by atoms with Crippen molar-refractivity contribution in [2.45, 2.75) is 58.8 Å². The number of hydrogen-bond donors (Lipinski definition) is 1. The highest BCUT2D eigenvalue weighted by atomic mass is 32.1. The average molecular weight is 440 g/mol. The number of unbranched alkanes of at least 4 members (excludes halogenated alkanes) is 6. The van der Waals surface area contributed by atoms with Crippen LogP contribution in [0.3, 0.4) is 0 Å². The van der Waals surface area contributed by atoms with Gasteiger partial charge in [0, 0.05) is 0 Å². The smallest absolute Gasteiger partial charge is 0.204 e. The van der Waals surface area contributed by atoms with Crippen LogP contribution in [0.15, 0.2) is 47.6 Å². The minimum absolute atomic E-state index is 0.596. The Labute approximate surface area is 189 Å². The number of thiazole rings is 1. The van der Waals surface area contributed by atoms with Crippen LogP contribution < -0.4 is 14.9 Å². The molecule has 0 atom stereocenters. The summed E-state index contributed by atoms with van der Waals surface area (Å²) in [6.45, 7) is 5.55. The van der Waals surface area contributed by atoms with E-state index in [1.165, 1.54) is 38.5 Å². The molecule has 0 amide bonds. The highest BCUT2D eigenvalue weighted by Gasteiger charge is 2.06. The van der Waals surface area contributed by atoms with Crippen LogP contribution in [-0.2, 0) is 0 Å². The molecule has 1 heterocycles. The number of nitrogens with zero attached hydrogens (tertiary/aromatic N) is 2. The summed E-state index contributed by atoms with van der Waals surface area (Å²) in [4.78, 5) is 4.52. The average Bonchev–Trinajstić information content (AvgIpc) is 3.20. The Hall–Kier alpha value is -2.60. The number of anilines is 1. The fraction of sp³-hybridized carbons (Fsp3) is 0.440. The minimum atomic E-state index is 0.596. The lowest BCUT2D eigenvalue weighted by Crippen LogP contribution is -2.02. The highest BCUT2D eigenvalue weighted by molar-refractivity contribution is 7.22. The maximum absolute atomic E-state index is 5.99. The number of rotatable bonds is 14. The number of fused-ring (bicyclic) bond motifs is 1. The second kappa shape index (κ2) is 13.0. The molecule has 3 rings (SSSR count). The van der Waals surface area contributed by atoms with Gasteiger partial charge in [-0.15, -0.1) is 0 Å². The van der Waals surface area contributed by atoms with Crippen LogP contribution in [0.5, 0.6) is 11.5 Å². The van der Waals surface area contributed by atoms with Crippen LogP contribution in [-0.4, -0.2) is 24.4 Å². The summed E-state index contributed by atoms with van der Waals surface area (Å²) >= 11 is 1.58. The molecule has 5 nitrogen and oxygen atoms in total. The number of hydrogen-bond acceptors (Lipinski definition) is 6. The summed E-state index contributed by atoms with van der Waals surface area (Å²) < 4.78 is 12.9. The zero-order valence-electron chi connectivity index (χ0n) is 18.6. The highest BCUT2D eigenvalue weighted by Crippen LogP contribution is 2.29. The molecule has 0 spiro atoms. The van der Waals surface area contributed by atoms with Gasteiger partial charge in [0.05, 0.1) is 29.6 Å². The van der Waals surface area contributed by atoms with Crippen molar-refractivity contribution in [3.8, 4) is 11.5 Å². The van der Waals surface area contributed by atoms with Gasteiger partial charge < -0.3 is 9.47 Å². The Bertz CT molecular complexity index is 922. The zero-order valence-corrected chi connectivity index (χ0v) is 19.4. The summed E-state index contributed by atoms with van der Waals surface area (Å²) in [5.41, 5.74) is 4.94. The molecule has 0 saturated heterocycles. The molecule has 6 heteroatoms. The van der Waals surface area contributed by atoms with E-state index < -0.39 is 0 Å². The molecular weight excluding hydrogens is 406 g/mol.